The number of rotatable bonds is 5. The number of hydrogen-bond acceptors (Lipinski definition) is 3. The van der Waals surface area contributed by atoms with Gasteiger partial charge in [-0.2, -0.15) is 0 Å². The Hall–Kier alpha value is -1.59. The number of carbonyl (C=O) groups is 2. The third-order valence-corrected chi connectivity index (χ3v) is 3.15. The van der Waals surface area contributed by atoms with Gasteiger partial charge in [-0.25, -0.2) is 0 Å². The molecule has 20 heavy (non-hydrogen) atoms. The topological polar surface area (TPSA) is 70.2 Å². The molecule has 0 radical (unpaired) electrons. The fraction of sp³-hybridized carbons (Fsp3) is 0.429. The van der Waals surface area contributed by atoms with Crippen LogP contribution in [0.1, 0.15) is 22.8 Å². The van der Waals surface area contributed by atoms with Crippen LogP contribution in [0.25, 0.3) is 0 Å². The van der Waals surface area contributed by atoms with Crippen LogP contribution in [0.5, 0.6) is 0 Å². The minimum absolute atomic E-state index is 0. The Bertz CT molecular complexity index is 475. The number of amides is 2. The van der Waals surface area contributed by atoms with Crippen LogP contribution in [0.2, 0.25) is 0 Å². The molecule has 0 atom stereocenters. The first-order chi connectivity index (χ1) is 9.20. The molecule has 0 spiro atoms. The van der Waals surface area contributed by atoms with Gasteiger partial charge in [0.05, 0.1) is 5.92 Å². The number of halogens is 1. The Morgan fingerprint density at radius 2 is 2.05 bits per heavy atom. The Morgan fingerprint density at radius 1 is 1.30 bits per heavy atom. The molecule has 5 nitrogen and oxygen atoms in total. The summed E-state index contributed by atoms with van der Waals surface area (Å²) in [7, 11) is 0. The summed E-state index contributed by atoms with van der Waals surface area (Å²) >= 11 is 0. The van der Waals surface area contributed by atoms with Crippen LogP contribution in [-0.4, -0.2) is 31.4 Å². The van der Waals surface area contributed by atoms with Crippen molar-refractivity contribution < 1.29 is 9.59 Å². The van der Waals surface area contributed by atoms with E-state index in [2.05, 4.69) is 16.0 Å². The van der Waals surface area contributed by atoms with Crippen LogP contribution in [0.15, 0.2) is 24.3 Å². The molecule has 0 aliphatic carbocycles. The van der Waals surface area contributed by atoms with Crippen molar-refractivity contribution in [3.63, 3.8) is 0 Å². The number of benzene rings is 1. The normalized spacial score (nSPS) is 13.8. The molecule has 1 aliphatic heterocycles. The standard InChI is InChI=1S/C14H19N3O2.ClH/c1-2-16-13(18)11-5-3-4-10(6-11)7-17-14(19)12-8-15-9-12;/h3-6,12,15H,2,7-9H2,1H3,(H,16,18)(H,17,19);1H. The lowest BCUT2D eigenvalue weighted by Crippen LogP contribution is -2.50. The van der Waals surface area contributed by atoms with Gasteiger partial charge in [0.25, 0.3) is 5.91 Å². The first kappa shape index (κ1) is 16.5. The maximum Gasteiger partial charge on any atom is 0.251 e. The van der Waals surface area contributed by atoms with Crippen LogP contribution < -0.4 is 16.0 Å². The summed E-state index contributed by atoms with van der Waals surface area (Å²) in [6, 6.07) is 7.31. The summed E-state index contributed by atoms with van der Waals surface area (Å²) in [6.45, 7) is 4.46. The molecule has 2 rings (SSSR count). The smallest absolute Gasteiger partial charge is 0.251 e. The van der Waals surface area contributed by atoms with Gasteiger partial charge in [0.1, 0.15) is 0 Å². The maximum atomic E-state index is 11.7. The van der Waals surface area contributed by atoms with Gasteiger partial charge in [-0.05, 0) is 24.6 Å². The van der Waals surface area contributed by atoms with E-state index in [0.717, 1.165) is 18.7 Å². The second-order valence-electron chi connectivity index (χ2n) is 4.63. The van der Waals surface area contributed by atoms with Crippen LogP contribution in [-0.2, 0) is 11.3 Å². The lowest BCUT2D eigenvalue weighted by atomic mass is 10.0. The van der Waals surface area contributed by atoms with E-state index in [1.54, 1.807) is 6.07 Å². The first-order valence-electron chi connectivity index (χ1n) is 6.56. The molecule has 0 saturated carbocycles. The molecule has 6 heteroatoms. The summed E-state index contributed by atoms with van der Waals surface area (Å²) < 4.78 is 0. The van der Waals surface area contributed by atoms with Gasteiger partial charge in [0.2, 0.25) is 5.91 Å². The summed E-state index contributed by atoms with van der Waals surface area (Å²) in [6.07, 6.45) is 0. The molecule has 0 bridgehead atoms. The largest absolute Gasteiger partial charge is 0.352 e. The molecule has 3 N–H and O–H groups in total. The van der Waals surface area contributed by atoms with Gasteiger partial charge in [-0.15, -0.1) is 12.4 Å². The van der Waals surface area contributed by atoms with Gasteiger partial charge in [0, 0.05) is 31.7 Å². The molecule has 1 fully saturated rings. The molecule has 0 aromatic heterocycles. The summed E-state index contributed by atoms with van der Waals surface area (Å²) in [5.41, 5.74) is 1.56. The quantitative estimate of drug-likeness (QED) is 0.749. The van der Waals surface area contributed by atoms with Crippen molar-refractivity contribution in [3.05, 3.63) is 35.4 Å². The van der Waals surface area contributed by atoms with E-state index in [0.29, 0.717) is 18.7 Å². The highest BCUT2D eigenvalue weighted by Gasteiger charge is 2.24. The molecular weight excluding hydrogens is 278 g/mol. The fourth-order valence-corrected chi connectivity index (χ4v) is 1.89. The van der Waals surface area contributed by atoms with Crippen LogP contribution >= 0.6 is 12.4 Å². The van der Waals surface area contributed by atoms with Crippen molar-refractivity contribution in [2.24, 2.45) is 5.92 Å². The molecule has 1 aliphatic rings. The van der Waals surface area contributed by atoms with Gasteiger partial charge in [-0.3, -0.25) is 9.59 Å². The highest BCUT2D eigenvalue weighted by Crippen LogP contribution is 2.07. The van der Waals surface area contributed by atoms with Gasteiger partial charge in [-0.1, -0.05) is 12.1 Å². The number of nitrogens with one attached hydrogen (secondary N) is 3. The highest BCUT2D eigenvalue weighted by molar-refractivity contribution is 5.94. The van der Waals surface area contributed by atoms with Crippen LogP contribution in [0, 0.1) is 5.92 Å². The maximum absolute atomic E-state index is 11.7. The van der Waals surface area contributed by atoms with E-state index < -0.39 is 0 Å². The summed E-state index contributed by atoms with van der Waals surface area (Å²) in [5, 5.41) is 8.71. The average molecular weight is 298 g/mol. The van der Waals surface area contributed by atoms with Crippen molar-refractivity contribution in [2.75, 3.05) is 19.6 Å². The van der Waals surface area contributed by atoms with Crippen molar-refractivity contribution in [1.29, 1.82) is 0 Å². The third-order valence-electron chi connectivity index (χ3n) is 3.15. The monoisotopic (exact) mass is 297 g/mol. The van der Waals surface area contributed by atoms with Crippen LogP contribution in [0.4, 0.5) is 0 Å². The molecule has 0 unspecified atom stereocenters. The number of carbonyl (C=O) groups excluding carboxylic acids is 2. The van der Waals surface area contributed by atoms with Gasteiger partial charge < -0.3 is 16.0 Å². The Balaban J connectivity index is 0.00000200. The molecule has 2 amide bonds. The third kappa shape index (κ3) is 4.21. The van der Waals surface area contributed by atoms with Gasteiger partial charge >= 0.3 is 0 Å². The van der Waals surface area contributed by atoms with E-state index in [9.17, 15) is 9.59 Å². The van der Waals surface area contributed by atoms with E-state index in [1.807, 2.05) is 25.1 Å². The Kier molecular flexibility index (Phi) is 6.48. The molecule has 110 valence electrons. The Labute approximate surface area is 124 Å². The van der Waals surface area contributed by atoms with E-state index in [-0.39, 0.29) is 30.1 Å². The SMILES string of the molecule is CCNC(=O)c1cccc(CNC(=O)C2CNC2)c1.Cl. The second-order valence-corrected chi connectivity index (χ2v) is 4.63. The average Bonchev–Trinajstić information content (AvgIpc) is 2.35. The summed E-state index contributed by atoms with van der Waals surface area (Å²) in [5.74, 6) is 0.0765. The lowest BCUT2D eigenvalue weighted by molar-refractivity contribution is -0.126. The molecule has 1 aromatic rings. The highest BCUT2D eigenvalue weighted by atomic mass is 35.5. The fourth-order valence-electron chi connectivity index (χ4n) is 1.89. The predicted octanol–water partition coefficient (Wildman–Crippen LogP) is 0.694. The van der Waals surface area contributed by atoms with E-state index >= 15 is 0 Å². The second kappa shape index (κ2) is 7.87. The predicted molar refractivity (Wildman–Crippen MR) is 79.9 cm³/mol. The summed E-state index contributed by atoms with van der Waals surface area (Å²) in [4.78, 5) is 23.4. The lowest BCUT2D eigenvalue weighted by Gasteiger charge is -2.25. The molecule has 1 aromatic carbocycles. The van der Waals surface area contributed by atoms with Gasteiger partial charge in [0.15, 0.2) is 0 Å². The minimum atomic E-state index is -0.0844. The molecular formula is C14H20ClN3O2. The minimum Gasteiger partial charge on any atom is -0.352 e. The van der Waals surface area contributed by atoms with E-state index in [1.165, 1.54) is 0 Å². The van der Waals surface area contributed by atoms with Crippen molar-refractivity contribution >= 4 is 24.2 Å². The van der Waals surface area contributed by atoms with Crippen molar-refractivity contribution in [1.82, 2.24) is 16.0 Å². The van der Waals surface area contributed by atoms with Crippen molar-refractivity contribution in [3.8, 4) is 0 Å². The zero-order chi connectivity index (χ0) is 13.7. The Morgan fingerprint density at radius 3 is 2.65 bits per heavy atom. The molecule has 1 saturated heterocycles. The number of hydrogen-bond donors (Lipinski definition) is 3. The van der Waals surface area contributed by atoms with E-state index in [4.69, 9.17) is 0 Å². The first-order valence-corrected chi connectivity index (χ1v) is 6.56. The molecule has 1 heterocycles. The zero-order valence-corrected chi connectivity index (χ0v) is 12.3. The van der Waals surface area contributed by atoms with Crippen molar-refractivity contribution in [2.45, 2.75) is 13.5 Å². The van der Waals surface area contributed by atoms with Crippen LogP contribution in [0.3, 0.4) is 0 Å². The zero-order valence-electron chi connectivity index (χ0n) is 11.4.